The molecule has 4 aliphatic carbocycles. The maximum atomic E-state index is 13.2. The topological polar surface area (TPSA) is 43.4 Å². The lowest BCUT2D eigenvalue weighted by Crippen LogP contribution is -2.58. The molecule has 138 valence electrons. The van der Waals surface area contributed by atoms with Crippen LogP contribution in [0.1, 0.15) is 72.1 Å². The molecule has 0 saturated heterocycles. The van der Waals surface area contributed by atoms with Gasteiger partial charge >= 0.3 is 5.97 Å². The number of esters is 1. The number of hydrogen-bond acceptors (Lipinski definition) is 3. The molecule has 0 aromatic heterocycles. The number of carbonyl (C=O) groups is 2. The molecule has 1 spiro atoms. The molecule has 0 N–H and O–H groups in total. The van der Waals surface area contributed by atoms with E-state index < -0.39 is 0 Å². The second-order valence-corrected chi connectivity index (χ2v) is 9.93. The van der Waals surface area contributed by atoms with Crippen molar-refractivity contribution < 1.29 is 14.3 Å². The molecule has 4 rings (SSSR count). The van der Waals surface area contributed by atoms with E-state index in [1.165, 1.54) is 26.2 Å². The highest BCUT2D eigenvalue weighted by molar-refractivity contribution is 6.03. The fraction of sp³-hybridized carbons (Fsp3) is 0.818. The molecular formula is C22H32O3. The summed E-state index contributed by atoms with van der Waals surface area (Å²) < 4.78 is 5.49. The van der Waals surface area contributed by atoms with E-state index in [0.29, 0.717) is 30.1 Å². The van der Waals surface area contributed by atoms with E-state index in [1.54, 1.807) is 0 Å². The summed E-state index contributed by atoms with van der Waals surface area (Å²) in [7, 11) is 0. The van der Waals surface area contributed by atoms with Crippen molar-refractivity contribution >= 4 is 11.8 Å². The predicted molar refractivity (Wildman–Crippen MR) is 96.8 cm³/mol. The monoisotopic (exact) mass is 344 g/mol. The smallest absolute Gasteiger partial charge is 0.302 e. The first kappa shape index (κ1) is 17.3. The lowest BCUT2D eigenvalue weighted by Gasteiger charge is -2.63. The molecule has 3 heteroatoms. The van der Waals surface area contributed by atoms with E-state index in [2.05, 4.69) is 20.4 Å². The molecule has 0 radical (unpaired) electrons. The van der Waals surface area contributed by atoms with Crippen molar-refractivity contribution in [3.05, 3.63) is 12.2 Å². The van der Waals surface area contributed by atoms with Crippen LogP contribution in [0.15, 0.2) is 12.2 Å². The molecule has 25 heavy (non-hydrogen) atoms. The van der Waals surface area contributed by atoms with Crippen LogP contribution in [-0.4, -0.2) is 18.4 Å². The summed E-state index contributed by atoms with van der Waals surface area (Å²) in [6.45, 7) is 11.0. The molecule has 0 heterocycles. The Morgan fingerprint density at radius 1 is 1.16 bits per heavy atom. The van der Waals surface area contributed by atoms with Crippen molar-refractivity contribution in [3.8, 4) is 0 Å². The summed E-state index contributed by atoms with van der Waals surface area (Å²) in [4.78, 5) is 24.6. The Kier molecular flexibility index (Phi) is 3.76. The van der Waals surface area contributed by atoms with Gasteiger partial charge in [-0.15, -0.1) is 0 Å². The summed E-state index contributed by atoms with van der Waals surface area (Å²) in [5, 5.41) is 0. The quantitative estimate of drug-likeness (QED) is 0.539. The fourth-order valence-electron chi connectivity index (χ4n) is 7.69. The van der Waals surface area contributed by atoms with E-state index in [4.69, 9.17) is 4.74 Å². The van der Waals surface area contributed by atoms with Crippen LogP contribution in [0.3, 0.4) is 0 Å². The summed E-state index contributed by atoms with van der Waals surface area (Å²) in [6.07, 6.45) is 8.99. The SMILES string of the molecule is C=C1C(=O)C23CCC4C(C)(COC(C)=O)CCCC4(C)C2CCC1C3. The van der Waals surface area contributed by atoms with Gasteiger partial charge in [-0.2, -0.15) is 0 Å². The molecule has 0 amide bonds. The number of rotatable bonds is 2. The first-order valence-corrected chi connectivity index (χ1v) is 10.1. The molecule has 6 unspecified atom stereocenters. The number of ketones is 1. The molecule has 0 aliphatic heterocycles. The molecule has 4 saturated carbocycles. The van der Waals surface area contributed by atoms with Gasteiger partial charge in [0.25, 0.3) is 0 Å². The molecule has 0 aromatic carbocycles. The Morgan fingerprint density at radius 2 is 1.92 bits per heavy atom. The maximum absolute atomic E-state index is 13.2. The van der Waals surface area contributed by atoms with Crippen LogP contribution in [0.25, 0.3) is 0 Å². The van der Waals surface area contributed by atoms with Crippen LogP contribution in [0.2, 0.25) is 0 Å². The third kappa shape index (κ3) is 2.23. The summed E-state index contributed by atoms with van der Waals surface area (Å²) in [6, 6.07) is 0. The van der Waals surface area contributed by atoms with E-state index in [-0.39, 0.29) is 22.2 Å². The van der Waals surface area contributed by atoms with Crippen LogP contribution >= 0.6 is 0 Å². The van der Waals surface area contributed by atoms with Crippen molar-refractivity contribution in [2.45, 2.75) is 72.1 Å². The lowest BCUT2D eigenvalue weighted by atomic mass is 9.41. The van der Waals surface area contributed by atoms with E-state index in [1.807, 2.05) is 0 Å². The zero-order valence-electron chi connectivity index (χ0n) is 16.0. The number of Topliss-reactive ketones (excluding diaryl/α,β-unsaturated/α-hetero) is 1. The minimum atomic E-state index is -0.177. The van der Waals surface area contributed by atoms with E-state index in [0.717, 1.165) is 37.7 Å². The molecule has 0 aromatic rings. The minimum Gasteiger partial charge on any atom is -0.465 e. The van der Waals surface area contributed by atoms with Gasteiger partial charge in [-0.25, -0.2) is 0 Å². The maximum Gasteiger partial charge on any atom is 0.302 e. The molecule has 2 bridgehead atoms. The minimum absolute atomic E-state index is 0.0514. The predicted octanol–water partition coefficient (Wildman–Crippen LogP) is 4.70. The Morgan fingerprint density at radius 3 is 2.64 bits per heavy atom. The van der Waals surface area contributed by atoms with Crippen LogP contribution in [0.5, 0.6) is 0 Å². The van der Waals surface area contributed by atoms with Gasteiger partial charge in [-0.05, 0) is 73.7 Å². The van der Waals surface area contributed by atoms with Crippen LogP contribution in [0.4, 0.5) is 0 Å². The first-order chi connectivity index (χ1) is 11.7. The second-order valence-electron chi connectivity index (χ2n) is 9.93. The van der Waals surface area contributed by atoms with E-state index >= 15 is 0 Å². The molecule has 4 fully saturated rings. The van der Waals surface area contributed by atoms with Crippen molar-refractivity contribution in [2.75, 3.05) is 6.61 Å². The normalized spacial score (nSPS) is 48.7. The molecular weight excluding hydrogens is 312 g/mol. The molecule has 3 nitrogen and oxygen atoms in total. The number of allylic oxidation sites excluding steroid dienone is 1. The summed E-state index contributed by atoms with van der Waals surface area (Å²) in [5.41, 5.74) is 1.04. The summed E-state index contributed by atoms with van der Waals surface area (Å²) in [5.74, 6) is 1.69. The zero-order chi connectivity index (χ0) is 18.0. The molecule has 6 atom stereocenters. The average Bonchev–Trinajstić information content (AvgIpc) is 2.73. The zero-order valence-corrected chi connectivity index (χ0v) is 16.0. The largest absolute Gasteiger partial charge is 0.465 e. The van der Waals surface area contributed by atoms with Gasteiger partial charge < -0.3 is 4.74 Å². The third-order valence-corrected chi connectivity index (χ3v) is 8.70. The van der Waals surface area contributed by atoms with Crippen LogP contribution in [0, 0.1) is 34.0 Å². The second kappa shape index (κ2) is 5.44. The summed E-state index contributed by atoms with van der Waals surface area (Å²) >= 11 is 0. The standard InChI is InChI=1S/C22H32O3/c1-14-16-6-7-18-21(4)10-5-9-20(3,13-25-15(2)23)17(21)8-11-22(18,12-16)19(14)24/h16-18H,1,5-13H2,2-4H3. The Hall–Kier alpha value is -1.12. The van der Waals surface area contributed by atoms with Gasteiger partial charge in [-0.1, -0.05) is 26.8 Å². The van der Waals surface area contributed by atoms with E-state index in [9.17, 15) is 9.59 Å². The number of fused-ring (bicyclic) bond motifs is 3. The van der Waals surface area contributed by atoms with Crippen molar-refractivity contribution in [2.24, 2.45) is 34.0 Å². The number of hydrogen-bond donors (Lipinski definition) is 0. The van der Waals surface area contributed by atoms with Crippen molar-refractivity contribution in [1.29, 1.82) is 0 Å². The van der Waals surface area contributed by atoms with Gasteiger partial charge in [0.15, 0.2) is 5.78 Å². The number of ether oxygens (including phenoxy) is 1. The fourth-order valence-corrected chi connectivity index (χ4v) is 7.69. The van der Waals surface area contributed by atoms with Crippen LogP contribution in [-0.2, 0) is 14.3 Å². The number of carbonyl (C=O) groups excluding carboxylic acids is 2. The Labute approximate surface area is 151 Å². The first-order valence-electron chi connectivity index (χ1n) is 10.1. The molecule has 4 aliphatic rings. The van der Waals surface area contributed by atoms with Gasteiger partial charge in [0.05, 0.1) is 6.61 Å². The van der Waals surface area contributed by atoms with Crippen molar-refractivity contribution in [1.82, 2.24) is 0 Å². The van der Waals surface area contributed by atoms with Crippen molar-refractivity contribution in [3.63, 3.8) is 0 Å². The van der Waals surface area contributed by atoms with Gasteiger partial charge in [0.2, 0.25) is 0 Å². The Balaban J connectivity index is 1.69. The highest BCUT2D eigenvalue weighted by Gasteiger charge is 2.66. The van der Waals surface area contributed by atoms with Gasteiger partial charge in [-0.3, -0.25) is 9.59 Å². The third-order valence-electron chi connectivity index (χ3n) is 8.70. The Bertz CT molecular complexity index is 637. The van der Waals surface area contributed by atoms with Gasteiger partial charge in [0, 0.05) is 17.8 Å². The highest BCUT2D eigenvalue weighted by atomic mass is 16.5. The van der Waals surface area contributed by atoms with Gasteiger partial charge in [0.1, 0.15) is 0 Å². The average molecular weight is 344 g/mol. The lowest BCUT2D eigenvalue weighted by molar-refractivity contribution is -0.176. The van der Waals surface area contributed by atoms with Crippen LogP contribution < -0.4 is 0 Å². The highest BCUT2D eigenvalue weighted by Crippen LogP contribution is 2.71.